The fourth-order valence-corrected chi connectivity index (χ4v) is 3.28. The zero-order valence-corrected chi connectivity index (χ0v) is 16.9. The third-order valence-corrected chi connectivity index (χ3v) is 4.89. The number of aryl methyl sites for hydroxylation is 1. The van der Waals surface area contributed by atoms with E-state index in [-0.39, 0.29) is 30.4 Å². The average Bonchev–Trinajstić information content (AvgIpc) is 3.35. The van der Waals surface area contributed by atoms with Gasteiger partial charge in [0.15, 0.2) is 0 Å². The topological polar surface area (TPSA) is 110 Å². The summed E-state index contributed by atoms with van der Waals surface area (Å²) in [5.74, 6) is 3.50. The molecule has 2 heterocycles. The van der Waals surface area contributed by atoms with Gasteiger partial charge in [-0.2, -0.15) is 0 Å². The predicted molar refractivity (Wildman–Crippen MR) is 110 cm³/mol. The summed E-state index contributed by atoms with van der Waals surface area (Å²) >= 11 is 0. The Balaban J connectivity index is 0.00000131. The standard InChI is InChI=1S/C18H24N6O.2ClH/c1-10-6-17(25)23-15(21-10)4-5-20-16-9-14(12-7-13(19)8-12)22-18(24-16)11-2-3-11;;/h6,9,11-13H,2-5,7-8,19H2,1H3,(H,20,22,24)(H,21,23,25);2*1H. The second-order valence-electron chi connectivity index (χ2n) is 7.25. The SMILES string of the molecule is Cc1cc(=O)[nH]c(CCNc2cc(C3CC(N)C3)nc(C3CC3)n2)n1.Cl.Cl. The summed E-state index contributed by atoms with van der Waals surface area (Å²) in [5, 5.41) is 3.37. The zero-order chi connectivity index (χ0) is 17.4. The number of aromatic amines is 1. The van der Waals surface area contributed by atoms with Gasteiger partial charge in [0, 0.05) is 54.4 Å². The molecule has 4 N–H and O–H groups in total. The number of halogens is 2. The van der Waals surface area contributed by atoms with Gasteiger partial charge < -0.3 is 16.0 Å². The Hall–Kier alpha value is -1.70. The minimum absolute atomic E-state index is 0. The highest BCUT2D eigenvalue weighted by Gasteiger charge is 2.32. The van der Waals surface area contributed by atoms with Crippen LogP contribution in [-0.2, 0) is 6.42 Å². The van der Waals surface area contributed by atoms with Crippen molar-refractivity contribution in [3.05, 3.63) is 45.5 Å². The Labute approximate surface area is 170 Å². The van der Waals surface area contributed by atoms with Crippen LogP contribution < -0.4 is 16.6 Å². The first-order valence-corrected chi connectivity index (χ1v) is 9.02. The van der Waals surface area contributed by atoms with E-state index in [2.05, 4.69) is 26.3 Å². The molecule has 0 unspecified atom stereocenters. The number of nitrogens with two attached hydrogens (primary N) is 1. The van der Waals surface area contributed by atoms with Crippen LogP contribution in [0.15, 0.2) is 16.9 Å². The van der Waals surface area contributed by atoms with Gasteiger partial charge in [-0.05, 0) is 32.6 Å². The molecule has 0 radical (unpaired) electrons. The lowest BCUT2D eigenvalue weighted by Crippen LogP contribution is -2.35. The van der Waals surface area contributed by atoms with E-state index in [1.165, 1.54) is 18.9 Å². The highest BCUT2D eigenvalue weighted by molar-refractivity contribution is 5.85. The molecule has 9 heteroatoms. The Kier molecular flexibility index (Phi) is 7.19. The van der Waals surface area contributed by atoms with Gasteiger partial charge in [-0.15, -0.1) is 24.8 Å². The lowest BCUT2D eigenvalue weighted by atomic mass is 9.78. The molecular weight excluding hydrogens is 387 g/mol. The quantitative estimate of drug-likeness (QED) is 0.671. The largest absolute Gasteiger partial charge is 0.370 e. The number of aromatic nitrogens is 4. The lowest BCUT2D eigenvalue weighted by molar-refractivity contribution is 0.344. The summed E-state index contributed by atoms with van der Waals surface area (Å²) in [6.45, 7) is 2.49. The number of hydrogen-bond acceptors (Lipinski definition) is 6. The van der Waals surface area contributed by atoms with E-state index in [4.69, 9.17) is 10.7 Å². The Morgan fingerprint density at radius 3 is 2.52 bits per heavy atom. The Morgan fingerprint density at radius 2 is 1.89 bits per heavy atom. The van der Waals surface area contributed by atoms with Crippen LogP contribution in [0, 0.1) is 6.92 Å². The monoisotopic (exact) mass is 412 g/mol. The van der Waals surface area contributed by atoms with Crippen LogP contribution in [0.5, 0.6) is 0 Å². The maximum Gasteiger partial charge on any atom is 0.251 e. The van der Waals surface area contributed by atoms with Gasteiger partial charge in [-0.3, -0.25) is 4.79 Å². The molecule has 148 valence electrons. The highest BCUT2D eigenvalue weighted by Crippen LogP contribution is 2.41. The van der Waals surface area contributed by atoms with Crippen LogP contribution in [0.1, 0.15) is 60.6 Å². The highest BCUT2D eigenvalue weighted by atomic mass is 35.5. The third-order valence-electron chi connectivity index (χ3n) is 4.89. The molecular formula is C18H26Cl2N6O. The molecule has 2 aromatic heterocycles. The molecule has 2 aliphatic carbocycles. The Morgan fingerprint density at radius 1 is 1.15 bits per heavy atom. The van der Waals surface area contributed by atoms with E-state index < -0.39 is 0 Å². The molecule has 0 aromatic carbocycles. The Bertz CT molecular complexity index is 833. The number of rotatable bonds is 6. The van der Waals surface area contributed by atoms with Crippen LogP contribution in [-0.4, -0.2) is 32.5 Å². The van der Waals surface area contributed by atoms with Gasteiger partial charge in [-0.1, -0.05) is 0 Å². The molecule has 0 atom stereocenters. The first kappa shape index (κ1) is 21.6. The summed E-state index contributed by atoms with van der Waals surface area (Å²) in [4.78, 5) is 28.1. The molecule has 0 spiro atoms. The second kappa shape index (κ2) is 8.99. The predicted octanol–water partition coefficient (Wildman–Crippen LogP) is 2.45. The van der Waals surface area contributed by atoms with E-state index in [0.29, 0.717) is 36.7 Å². The number of anilines is 1. The molecule has 2 fully saturated rings. The normalized spacial score (nSPS) is 20.8. The van der Waals surface area contributed by atoms with Crippen LogP contribution >= 0.6 is 24.8 Å². The van der Waals surface area contributed by atoms with E-state index in [9.17, 15) is 4.79 Å². The van der Waals surface area contributed by atoms with Gasteiger partial charge in [0.2, 0.25) is 0 Å². The minimum atomic E-state index is -0.107. The van der Waals surface area contributed by atoms with Crippen molar-refractivity contribution in [1.82, 2.24) is 19.9 Å². The summed E-state index contributed by atoms with van der Waals surface area (Å²) < 4.78 is 0. The van der Waals surface area contributed by atoms with E-state index in [0.717, 1.165) is 35.9 Å². The summed E-state index contributed by atoms with van der Waals surface area (Å²) in [6, 6.07) is 3.86. The van der Waals surface area contributed by atoms with Crippen LogP contribution in [0.2, 0.25) is 0 Å². The van der Waals surface area contributed by atoms with Crippen molar-refractivity contribution < 1.29 is 0 Å². The fraction of sp³-hybridized carbons (Fsp3) is 0.556. The van der Waals surface area contributed by atoms with Gasteiger partial charge in [0.25, 0.3) is 5.56 Å². The fourth-order valence-electron chi connectivity index (χ4n) is 3.28. The first-order chi connectivity index (χ1) is 12.1. The molecule has 0 saturated heterocycles. The van der Waals surface area contributed by atoms with Gasteiger partial charge >= 0.3 is 0 Å². The maximum absolute atomic E-state index is 11.5. The molecule has 2 aromatic rings. The molecule has 2 aliphatic rings. The number of nitrogens with one attached hydrogen (secondary N) is 2. The summed E-state index contributed by atoms with van der Waals surface area (Å²) in [7, 11) is 0. The van der Waals surface area contributed by atoms with Gasteiger partial charge in [0.1, 0.15) is 17.5 Å². The first-order valence-electron chi connectivity index (χ1n) is 9.02. The average molecular weight is 413 g/mol. The lowest BCUT2D eigenvalue weighted by Gasteiger charge is -2.32. The second-order valence-corrected chi connectivity index (χ2v) is 7.25. The van der Waals surface area contributed by atoms with Crippen molar-refractivity contribution in [2.45, 2.75) is 56.9 Å². The maximum atomic E-state index is 11.5. The summed E-state index contributed by atoms with van der Waals surface area (Å²) in [5.41, 5.74) is 7.67. The molecule has 2 saturated carbocycles. The van der Waals surface area contributed by atoms with Crippen LogP contribution in [0.3, 0.4) is 0 Å². The number of hydrogen-bond donors (Lipinski definition) is 3. The van der Waals surface area contributed by atoms with E-state index in [1.807, 2.05) is 6.92 Å². The van der Waals surface area contributed by atoms with Crippen molar-refractivity contribution in [2.24, 2.45) is 5.73 Å². The molecule has 0 bridgehead atoms. The molecule has 27 heavy (non-hydrogen) atoms. The van der Waals surface area contributed by atoms with Gasteiger partial charge in [-0.25, -0.2) is 15.0 Å². The van der Waals surface area contributed by atoms with Crippen LogP contribution in [0.25, 0.3) is 0 Å². The van der Waals surface area contributed by atoms with E-state index >= 15 is 0 Å². The number of nitrogens with zero attached hydrogens (tertiary/aromatic N) is 3. The minimum Gasteiger partial charge on any atom is -0.370 e. The smallest absolute Gasteiger partial charge is 0.251 e. The number of H-pyrrole nitrogens is 1. The summed E-state index contributed by atoms with van der Waals surface area (Å²) in [6.07, 6.45) is 5.02. The van der Waals surface area contributed by atoms with E-state index in [1.54, 1.807) is 0 Å². The molecule has 7 nitrogen and oxygen atoms in total. The third kappa shape index (κ3) is 5.40. The molecule has 4 rings (SSSR count). The van der Waals surface area contributed by atoms with Crippen molar-refractivity contribution in [3.63, 3.8) is 0 Å². The van der Waals surface area contributed by atoms with Crippen molar-refractivity contribution >= 4 is 30.6 Å². The molecule has 0 amide bonds. The molecule has 0 aliphatic heterocycles. The van der Waals surface area contributed by atoms with Crippen molar-refractivity contribution in [3.8, 4) is 0 Å². The van der Waals surface area contributed by atoms with Gasteiger partial charge in [0.05, 0.1) is 0 Å². The van der Waals surface area contributed by atoms with Crippen molar-refractivity contribution in [2.75, 3.05) is 11.9 Å². The van der Waals surface area contributed by atoms with Crippen molar-refractivity contribution in [1.29, 1.82) is 0 Å². The zero-order valence-electron chi connectivity index (χ0n) is 15.3. The van der Waals surface area contributed by atoms with Crippen LogP contribution in [0.4, 0.5) is 5.82 Å².